The molecule has 0 unspecified atom stereocenters. The molecule has 4 nitrogen and oxygen atoms in total. The summed E-state index contributed by atoms with van der Waals surface area (Å²) in [5.41, 5.74) is 3.44. The molecule has 0 atom stereocenters. The monoisotopic (exact) mass is 388 g/mol. The number of benzene rings is 3. The van der Waals surface area contributed by atoms with E-state index in [-0.39, 0.29) is 18.5 Å². The molecule has 0 heterocycles. The van der Waals surface area contributed by atoms with Gasteiger partial charge in [-0.1, -0.05) is 91.0 Å². The molecule has 0 radical (unpaired) electrons. The molecule has 0 spiro atoms. The average molecular weight is 389 g/mol. The Morgan fingerprint density at radius 1 is 0.793 bits per heavy atom. The van der Waals surface area contributed by atoms with Crippen molar-refractivity contribution in [3.8, 4) is 0 Å². The van der Waals surface area contributed by atoms with E-state index in [1.54, 1.807) is 0 Å². The molecule has 0 saturated carbocycles. The third kappa shape index (κ3) is 7.18. The number of hydrogen-bond donors (Lipinski definition) is 2. The van der Waals surface area contributed by atoms with Gasteiger partial charge in [0.2, 0.25) is 5.91 Å². The van der Waals surface area contributed by atoms with Crippen LogP contribution in [-0.4, -0.2) is 25.6 Å². The second-order valence-corrected chi connectivity index (χ2v) is 6.88. The molecule has 150 valence electrons. The second-order valence-electron chi connectivity index (χ2n) is 6.88. The van der Waals surface area contributed by atoms with Crippen LogP contribution in [0.5, 0.6) is 0 Å². The van der Waals surface area contributed by atoms with Gasteiger partial charge in [-0.05, 0) is 23.1 Å². The predicted octanol–water partition coefficient (Wildman–Crippen LogP) is 4.09. The smallest absolute Gasteiger partial charge is 0.233 e. The third-order valence-corrected chi connectivity index (χ3v) is 4.63. The maximum atomic E-state index is 12.2. The fraction of sp³-hybridized carbons (Fsp3) is 0.240. The van der Waals surface area contributed by atoms with Crippen LogP contribution < -0.4 is 10.6 Å². The fourth-order valence-corrected chi connectivity index (χ4v) is 3.14. The highest BCUT2D eigenvalue weighted by atomic mass is 16.5. The van der Waals surface area contributed by atoms with Gasteiger partial charge in [-0.25, -0.2) is 0 Å². The maximum absolute atomic E-state index is 12.2. The van der Waals surface area contributed by atoms with Crippen molar-refractivity contribution in [2.45, 2.75) is 19.1 Å². The van der Waals surface area contributed by atoms with Crippen LogP contribution in [0.4, 0.5) is 0 Å². The fourth-order valence-electron chi connectivity index (χ4n) is 3.14. The molecule has 3 aromatic rings. The summed E-state index contributed by atoms with van der Waals surface area (Å²) in [5.74, 6) is -0.00933. The molecule has 1 amide bonds. The number of nitrogens with one attached hydrogen (secondary N) is 2. The number of amides is 1. The van der Waals surface area contributed by atoms with E-state index in [1.165, 1.54) is 0 Å². The van der Waals surface area contributed by atoms with Crippen LogP contribution >= 0.6 is 0 Å². The first-order valence-corrected chi connectivity index (χ1v) is 10.0. The van der Waals surface area contributed by atoms with E-state index in [4.69, 9.17) is 4.74 Å². The number of rotatable bonds is 11. The van der Waals surface area contributed by atoms with Gasteiger partial charge in [0.05, 0.1) is 19.2 Å². The van der Waals surface area contributed by atoms with Crippen molar-refractivity contribution in [2.24, 2.45) is 0 Å². The van der Waals surface area contributed by atoms with Gasteiger partial charge < -0.3 is 10.1 Å². The molecule has 0 bridgehead atoms. The molecule has 0 fully saturated rings. The molecule has 3 rings (SSSR count). The Labute approximate surface area is 172 Å². The van der Waals surface area contributed by atoms with Gasteiger partial charge in [-0.3, -0.25) is 10.1 Å². The van der Waals surface area contributed by atoms with Crippen LogP contribution in [-0.2, 0) is 16.1 Å². The quantitative estimate of drug-likeness (QED) is 0.487. The maximum Gasteiger partial charge on any atom is 0.233 e. The predicted molar refractivity (Wildman–Crippen MR) is 116 cm³/mol. The van der Waals surface area contributed by atoms with Crippen LogP contribution in [0, 0.1) is 0 Å². The zero-order valence-electron chi connectivity index (χ0n) is 16.6. The summed E-state index contributed by atoms with van der Waals surface area (Å²) in [5, 5.41) is 6.34. The van der Waals surface area contributed by atoms with Crippen LogP contribution in [0.2, 0.25) is 0 Å². The van der Waals surface area contributed by atoms with E-state index in [0.717, 1.165) is 23.1 Å². The van der Waals surface area contributed by atoms with Gasteiger partial charge in [-0.15, -0.1) is 0 Å². The van der Waals surface area contributed by atoms with Crippen molar-refractivity contribution in [3.05, 3.63) is 108 Å². The van der Waals surface area contributed by atoms with E-state index in [9.17, 15) is 4.79 Å². The van der Waals surface area contributed by atoms with Gasteiger partial charge in [0, 0.05) is 13.2 Å². The SMILES string of the molecule is O=C(CNC(c1ccccc1)c1ccccc1)NCCCOCc1ccccc1. The van der Waals surface area contributed by atoms with Crippen LogP contribution in [0.3, 0.4) is 0 Å². The summed E-state index contributed by atoms with van der Waals surface area (Å²) in [7, 11) is 0. The number of carbonyl (C=O) groups is 1. The lowest BCUT2D eigenvalue weighted by Gasteiger charge is -2.19. The van der Waals surface area contributed by atoms with Crippen molar-refractivity contribution < 1.29 is 9.53 Å². The minimum absolute atomic E-state index is 0.00933. The molecule has 0 aliphatic heterocycles. The molecular weight excluding hydrogens is 360 g/mol. The lowest BCUT2D eigenvalue weighted by atomic mass is 9.99. The molecule has 0 aromatic heterocycles. The van der Waals surface area contributed by atoms with Gasteiger partial charge in [0.1, 0.15) is 0 Å². The van der Waals surface area contributed by atoms with E-state index >= 15 is 0 Å². The van der Waals surface area contributed by atoms with Crippen molar-refractivity contribution in [1.29, 1.82) is 0 Å². The standard InChI is InChI=1S/C25H28N2O2/c28-24(26-17-10-18-29-20-21-11-4-1-5-12-21)19-27-25(22-13-6-2-7-14-22)23-15-8-3-9-16-23/h1-9,11-16,25,27H,10,17-20H2,(H,26,28). The van der Waals surface area contributed by atoms with E-state index in [2.05, 4.69) is 34.9 Å². The topological polar surface area (TPSA) is 50.4 Å². The van der Waals surface area contributed by atoms with Crippen LogP contribution in [0.25, 0.3) is 0 Å². The zero-order chi connectivity index (χ0) is 20.2. The number of hydrogen-bond acceptors (Lipinski definition) is 3. The van der Waals surface area contributed by atoms with Crippen molar-refractivity contribution >= 4 is 5.91 Å². The van der Waals surface area contributed by atoms with Crippen LogP contribution in [0.15, 0.2) is 91.0 Å². The van der Waals surface area contributed by atoms with E-state index < -0.39 is 0 Å². The molecule has 0 saturated heterocycles. The van der Waals surface area contributed by atoms with Crippen molar-refractivity contribution in [3.63, 3.8) is 0 Å². The highest BCUT2D eigenvalue weighted by Gasteiger charge is 2.14. The Hall–Kier alpha value is -2.95. The molecular formula is C25H28N2O2. The van der Waals surface area contributed by atoms with Crippen LogP contribution in [0.1, 0.15) is 29.2 Å². The van der Waals surface area contributed by atoms with Crippen molar-refractivity contribution in [1.82, 2.24) is 10.6 Å². The highest BCUT2D eigenvalue weighted by Crippen LogP contribution is 2.21. The molecule has 0 aliphatic carbocycles. The first kappa shape index (κ1) is 20.8. The highest BCUT2D eigenvalue weighted by molar-refractivity contribution is 5.78. The first-order valence-electron chi connectivity index (χ1n) is 10.0. The molecule has 2 N–H and O–H groups in total. The summed E-state index contributed by atoms with van der Waals surface area (Å²) < 4.78 is 5.65. The average Bonchev–Trinajstić information content (AvgIpc) is 2.78. The van der Waals surface area contributed by atoms with Gasteiger partial charge in [0.15, 0.2) is 0 Å². The number of ether oxygens (including phenoxy) is 1. The Kier molecular flexibility index (Phi) is 8.45. The Morgan fingerprint density at radius 2 is 1.34 bits per heavy atom. The summed E-state index contributed by atoms with van der Waals surface area (Å²) in [6, 6.07) is 30.4. The minimum atomic E-state index is -0.0163. The molecule has 0 aliphatic rings. The first-order chi connectivity index (χ1) is 14.3. The lowest BCUT2D eigenvalue weighted by molar-refractivity contribution is -0.120. The third-order valence-electron chi connectivity index (χ3n) is 4.63. The minimum Gasteiger partial charge on any atom is -0.377 e. The second kappa shape index (κ2) is 11.8. The zero-order valence-corrected chi connectivity index (χ0v) is 16.6. The Morgan fingerprint density at radius 3 is 1.93 bits per heavy atom. The van der Waals surface area contributed by atoms with Gasteiger partial charge in [0.25, 0.3) is 0 Å². The molecule has 4 heteroatoms. The van der Waals surface area contributed by atoms with Gasteiger partial charge >= 0.3 is 0 Å². The summed E-state index contributed by atoms with van der Waals surface area (Å²) >= 11 is 0. The number of carbonyl (C=O) groups excluding carboxylic acids is 1. The normalized spacial score (nSPS) is 10.8. The Balaban J connectivity index is 1.39. The molecule has 29 heavy (non-hydrogen) atoms. The summed E-state index contributed by atoms with van der Waals surface area (Å²) in [4.78, 5) is 12.2. The summed E-state index contributed by atoms with van der Waals surface area (Å²) in [6.45, 7) is 2.10. The molecule has 3 aromatic carbocycles. The Bertz CT molecular complexity index is 799. The van der Waals surface area contributed by atoms with E-state index in [1.807, 2.05) is 66.7 Å². The van der Waals surface area contributed by atoms with Crippen molar-refractivity contribution in [2.75, 3.05) is 19.7 Å². The summed E-state index contributed by atoms with van der Waals surface area (Å²) in [6.07, 6.45) is 0.791. The van der Waals surface area contributed by atoms with E-state index in [0.29, 0.717) is 19.8 Å². The lowest BCUT2D eigenvalue weighted by Crippen LogP contribution is -2.36. The largest absolute Gasteiger partial charge is 0.377 e. The van der Waals surface area contributed by atoms with Gasteiger partial charge in [-0.2, -0.15) is 0 Å².